The van der Waals surface area contributed by atoms with Crippen molar-refractivity contribution in [3.63, 3.8) is 0 Å². The molecule has 0 fully saturated rings. The molecule has 1 aromatic heterocycles. The Labute approximate surface area is 122 Å². The highest BCUT2D eigenvalue weighted by Gasteiger charge is 2.14. The van der Waals surface area contributed by atoms with Crippen molar-refractivity contribution >= 4 is 22.9 Å². The van der Waals surface area contributed by atoms with E-state index in [4.69, 9.17) is 0 Å². The molecule has 1 heterocycles. The Kier molecular flexibility index (Phi) is 4.74. The highest BCUT2D eigenvalue weighted by atomic mass is 32.1. The van der Waals surface area contributed by atoms with Crippen molar-refractivity contribution < 1.29 is 9.18 Å². The fraction of sp³-hybridized carbons (Fsp3) is 0.267. The molecule has 0 bridgehead atoms. The molecule has 3 nitrogen and oxygen atoms in total. The number of benzene rings is 1. The third-order valence-electron chi connectivity index (χ3n) is 2.88. The minimum absolute atomic E-state index is 0.0936. The summed E-state index contributed by atoms with van der Waals surface area (Å²) in [7, 11) is 3.22. The average Bonchev–Trinajstić information content (AvgIpc) is 2.93. The molecule has 0 saturated carbocycles. The zero-order valence-electron chi connectivity index (χ0n) is 11.5. The molecule has 20 heavy (non-hydrogen) atoms. The molecular weight excluding hydrogens is 275 g/mol. The van der Waals surface area contributed by atoms with Gasteiger partial charge in [0.1, 0.15) is 5.82 Å². The van der Waals surface area contributed by atoms with Gasteiger partial charge in [0.25, 0.3) is 5.91 Å². The first-order valence-electron chi connectivity index (χ1n) is 6.35. The summed E-state index contributed by atoms with van der Waals surface area (Å²) in [6.07, 6.45) is 0.909. The van der Waals surface area contributed by atoms with Crippen LogP contribution in [0.3, 0.4) is 0 Å². The van der Waals surface area contributed by atoms with Gasteiger partial charge in [0.2, 0.25) is 0 Å². The number of hydrogen-bond acceptors (Lipinski definition) is 3. The van der Waals surface area contributed by atoms with E-state index in [-0.39, 0.29) is 11.5 Å². The Morgan fingerprint density at radius 2 is 2.15 bits per heavy atom. The van der Waals surface area contributed by atoms with E-state index in [2.05, 4.69) is 11.4 Å². The van der Waals surface area contributed by atoms with Gasteiger partial charge in [-0.05, 0) is 36.1 Å². The molecule has 1 N–H and O–H groups in total. The lowest BCUT2D eigenvalue weighted by Crippen LogP contribution is -2.23. The van der Waals surface area contributed by atoms with Gasteiger partial charge in [0.15, 0.2) is 0 Å². The number of halogens is 1. The minimum atomic E-state index is -0.493. The van der Waals surface area contributed by atoms with Crippen LogP contribution < -0.4 is 5.32 Å². The summed E-state index contributed by atoms with van der Waals surface area (Å²) < 4.78 is 13.7. The molecule has 0 atom stereocenters. The Morgan fingerprint density at radius 3 is 2.80 bits per heavy atom. The Bertz CT molecular complexity index is 582. The van der Waals surface area contributed by atoms with Crippen LogP contribution in [0.25, 0.3) is 0 Å². The maximum absolute atomic E-state index is 13.7. The fourth-order valence-electron chi connectivity index (χ4n) is 1.82. The molecule has 0 aliphatic heterocycles. The third-order valence-corrected chi connectivity index (χ3v) is 3.82. The molecule has 0 radical (unpaired) electrons. The zero-order valence-corrected chi connectivity index (χ0v) is 12.3. The number of nitrogens with one attached hydrogen (secondary N) is 1. The lowest BCUT2D eigenvalue weighted by molar-refractivity contribution is 0.0823. The molecule has 5 heteroatoms. The predicted octanol–water partition coefficient (Wildman–Crippen LogP) is 3.24. The van der Waals surface area contributed by atoms with Crippen molar-refractivity contribution in [1.82, 2.24) is 4.90 Å². The third kappa shape index (κ3) is 3.57. The van der Waals surface area contributed by atoms with Crippen LogP contribution >= 0.6 is 11.3 Å². The summed E-state index contributed by atoms with van der Waals surface area (Å²) in [5.41, 5.74) is 0.851. The second kappa shape index (κ2) is 6.52. The summed E-state index contributed by atoms with van der Waals surface area (Å²) in [5.74, 6) is -0.822. The highest BCUT2D eigenvalue weighted by Crippen LogP contribution is 2.16. The Morgan fingerprint density at radius 1 is 1.35 bits per heavy atom. The first-order chi connectivity index (χ1) is 9.58. The Hall–Kier alpha value is -1.88. The quantitative estimate of drug-likeness (QED) is 0.917. The molecular formula is C15H17FN2OS. The molecule has 0 unspecified atom stereocenters. The van der Waals surface area contributed by atoms with E-state index in [0.29, 0.717) is 0 Å². The first-order valence-corrected chi connectivity index (χ1v) is 7.23. The van der Waals surface area contributed by atoms with Crippen LogP contribution in [0.4, 0.5) is 10.1 Å². The molecule has 0 saturated heterocycles. The lowest BCUT2D eigenvalue weighted by atomic mass is 10.1. The molecule has 2 aromatic rings. The van der Waals surface area contributed by atoms with E-state index >= 15 is 0 Å². The molecule has 1 aromatic carbocycles. The number of thiophene rings is 1. The summed E-state index contributed by atoms with van der Waals surface area (Å²) >= 11 is 1.71. The van der Waals surface area contributed by atoms with Crippen LogP contribution in [-0.2, 0) is 6.42 Å². The van der Waals surface area contributed by atoms with Gasteiger partial charge in [-0.3, -0.25) is 4.79 Å². The van der Waals surface area contributed by atoms with Crippen molar-refractivity contribution in [2.45, 2.75) is 6.42 Å². The van der Waals surface area contributed by atoms with Crippen molar-refractivity contribution in [3.05, 3.63) is 52.0 Å². The average molecular weight is 292 g/mol. The van der Waals surface area contributed by atoms with E-state index < -0.39 is 5.82 Å². The summed E-state index contributed by atoms with van der Waals surface area (Å²) in [5, 5.41) is 5.26. The molecule has 0 aliphatic rings. The normalized spacial score (nSPS) is 10.3. The number of carbonyl (C=O) groups excluding carboxylic acids is 1. The van der Waals surface area contributed by atoms with Crippen LogP contribution in [-0.4, -0.2) is 31.4 Å². The fourth-order valence-corrected chi connectivity index (χ4v) is 2.53. The largest absolute Gasteiger partial charge is 0.385 e. The van der Waals surface area contributed by atoms with Gasteiger partial charge in [0.05, 0.1) is 5.56 Å². The van der Waals surface area contributed by atoms with E-state index in [9.17, 15) is 9.18 Å². The van der Waals surface area contributed by atoms with Crippen LogP contribution in [0.15, 0.2) is 35.7 Å². The monoisotopic (exact) mass is 292 g/mol. The maximum Gasteiger partial charge on any atom is 0.256 e. The van der Waals surface area contributed by atoms with Crippen molar-refractivity contribution in [2.75, 3.05) is 26.0 Å². The Balaban J connectivity index is 2.02. The lowest BCUT2D eigenvalue weighted by Gasteiger charge is -2.13. The van der Waals surface area contributed by atoms with Gasteiger partial charge >= 0.3 is 0 Å². The van der Waals surface area contributed by atoms with Gasteiger partial charge in [0, 0.05) is 31.2 Å². The number of nitrogens with zero attached hydrogens (tertiary/aromatic N) is 1. The smallest absolute Gasteiger partial charge is 0.256 e. The van der Waals surface area contributed by atoms with E-state index in [1.54, 1.807) is 37.6 Å². The van der Waals surface area contributed by atoms with Crippen molar-refractivity contribution in [3.8, 4) is 0 Å². The number of carbonyl (C=O) groups is 1. The SMILES string of the molecule is CN(C)C(=O)c1cc(NCCc2cccs2)ccc1F. The van der Waals surface area contributed by atoms with Gasteiger partial charge in [-0.2, -0.15) is 0 Å². The number of hydrogen-bond donors (Lipinski definition) is 1. The van der Waals surface area contributed by atoms with Crippen LogP contribution in [0, 0.1) is 5.82 Å². The summed E-state index contributed by atoms with van der Waals surface area (Å²) in [4.78, 5) is 14.5. The summed E-state index contributed by atoms with van der Waals surface area (Å²) in [6, 6.07) is 8.64. The standard InChI is InChI=1S/C15H17FN2OS/c1-18(2)15(19)13-10-11(5-6-14(13)16)17-8-7-12-4-3-9-20-12/h3-6,9-10,17H,7-8H2,1-2H3. The van der Waals surface area contributed by atoms with Crippen molar-refractivity contribution in [1.29, 1.82) is 0 Å². The second-order valence-electron chi connectivity index (χ2n) is 4.65. The van der Waals surface area contributed by atoms with Gasteiger partial charge in [-0.15, -0.1) is 11.3 Å². The van der Waals surface area contributed by atoms with Gasteiger partial charge < -0.3 is 10.2 Å². The highest BCUT2D eigenvalue weighted by molar-refractivity contribution is 7.09. The summed E-state index contributed by atoms with van der Waals surface area (Å²) in [6.45, 7) is 0.752. The molecule has 1 amide bonds. The number of anilines is 1. The molecule has 106 valence electrons. The van der Waals surface area contributed by atoms with Crippen molar-refractivity contribution in [2.24, 2.45) is 0 Å². The van der Waals surface area contributed by atoms with E-state index in [0.717, 1.165) is 18.7 Å². The zero-order chi connectivity index (χ0) is 14.5. The van der Waals surface area contributed by atoms with Gasteiger partial charge in [-0.25, -0.2) is 4.39 Å². The van der Waals surface area contributed by atoms with Crippen LogP contribution in [0.5, 0.6) is 0 Å². The number of amides is 1. The van der Waals surface area contributed by atoms with Crippen LogP contribution in [0.2, 0.25) is 0 Å². The topological polar surface area (TPSA) is 32.3 Å². The number of rotatable bonds is 5. The first kappa shape index (κ1) is 14.5. The minimum Gasteiger partial charge on any atom is -0.385 e. The second-order valence-corrected chi connectivity index (χ2v) is 5.68. The molecule has 0 spiro atoms. The predicted molar refractivity (Wildman–Crippen MR) is 80.9 cm³/mol. The van der Waals surface area contributed by atoms with Gasteiger partial charge in [-0.1, -0.05) is 6.07 Å². The molecule has 0 aliphatic carbocycles. The van der Waals surface area contributed by atoms with E-state index in [1.165, 1.54) is 15.8 Å². The molecule has 2 rings (SSSR count). The van der Waals surface area contributed by atoms with Crippen LogP contribution in [0.1, 0.15) is 15.2 Å². The van der Waals surface area contributed by atoms with E-state index in [1.807, 2.05) is 11.4 Å². The maximum atomic E-state index is 13.7.